The van der Waals surface area contributed by atoms with Gasteiger partial charge >= 0.3 is 0 Å². The normalized spacial score (nSPS) is 25.2. The van der Waals surface area contributed by atoms with E-state index in [2.05, 4.69) is 11.8 Å². The summed E-state index contributed by atoms with van der Waals surface area (Å²) in [6.07, 6.45) is 1.13. The number of likely N-dealkylation sites (N-methyl/N-ethyl adjacent to an activating group) is 1. The Kier molecular flexibility index (Phi) is 3.61. The minimum atomic E-state index is 0.0894. The molecular formula is C15H19ClN2O2. The lowest BCUT2D eigenvalue weighted by Gasteiger charge is -2.56. The van der Waals surface area contributed by atoms with E-state index in [-0.39, 0.29) is 5.91 Å². The van der Waals surface area contributed by atoms with Crippen LogP contribution in [0.25, 0.3) is 0 Å². The van der Waals surface area contributed by atoms with E-state index in [1.165, 1.54) is 0 Å². The van der Waals surface area contributed by atoms with Crippen molar-refractivity contribution >= 4 is 17.5 Å². The zero-order valence-corrected chi connectivity index (χ0v) is 12.6. The van der Waals surface area contributed by atoms with Gasteiger partial charge in [0.2, 0.25) is 0 Å². The molecule has 0 saturated carbocycles. The van der Waals surface area contributed by atoms with Crippen molar-refractivity contribution in [2.45, 2.75) is 25.4 Å². The Balaban J connectivity index is 1.76. The number of methoxy groups -OCH3 is 1. The van der Waals surface area contributed by atoms with Crippen molar-refractivity contribution in [2.24, 2.45) is 0 Å². The molecule has 4 rings (SSSR count). The number of amides is 1. The fourth-order valence-corrected chi connectivity index (χ4v) is 3.49. The molecule has 2 atom stereocenters. The first-order chi connectivity index (χ1) is 9.63. The molecule has 2 bridgehead atoms. The molecule has 20 heavy (non-hydrogen) atoms. The third-order valence-electron chi connectivity index (χ3n) is 4.35. The predicted molar refractivity (Wildman–Crippen MR) is 78.5 cm³/mol. The van der Waals surface area contributed by atoms with E-state index in [4.69, 9.17) is 16.3 Å². The number of piperidine rings is 1. The minimum absolute atomic E-state index is 0.0894. The van der Waals surface area contributed by atoms with Crippen LogP contribution in [0.1, 0.15) is 23.7 Å². The Morgan fingerprint density at radius 3 is 2.65 bits per heavy atom. The van der Waals surface area contributed by atoms with Crippen molar-refractivity contribution in [3.05, 3.63) is 28.8 Å². The summed E-state index contributed by atoms with van der Waals surface area (Å²) >= 11 is 6.10. The summed E-state index contributed by atoms with van der Waals surface area (Å²) in [5.74, 6) is 0.690. The van der Waals surface area contributed by atoms with Gasteiger partial charge in [0.15, 0.2) is 0 Å². The standard InChI is InChI=1S/C15H19ClN2O2/c1-3-17-8-11-7-12(9-17)18(11)15(19)10-4-5-14(20-2)13(16)6-10/h4-6,11-12H,3,7-9H2,1-2H3. The molecule has 0 radical (unpaired) electrons. The summed E-state index contributed by atoms with van der Waals surface area (Å²) in [5.41, 5.74) is 0.649. The zero-order valence-electron chi connectivity index (χ0n) is 11.8. The van der Waals surface area contributed by atoms with Gasteiger partial charge in [-0.25, -0.2) is 0 Å². The molecule has 108 valence electrons. The van der Waals surface area contributed by atoms with Gasteiger partial charge in [-0.3, -0.25) is 9.69 Å². The van der Waals surface area contributed by atoms with Crippen LogP contribution in [0.2, 0.25) is 5.02 Å². The molecule has 3 heterocycles. The van der Waals surface area contributed by atoms with Gasteiger partial charge < -0.3 is 9.64 Å². The molecule has 1 aromatic carbocycles. The number of carbonyl (C=O) groups excluding carboxylic acids is 1. The molecule has 0 N–H and O–H groups in total. The van der Waals surface area contributed by atoms with E-state index < -0.39 is 0 Å². The number of benzene rings is 1. The highest BCUT2D eigenvalue weighted by Gasteiger charge is 2.46. The van der Waals surface area contributed by atoms with Gasteiger partial charge in [-0.15, -0.1) is 0 Å². The van der Waals surface area contributed by atoms with Crippen LogP contribution in [0.4, 0.5) is 0 Å². The Hall–Kier alpha value is -1.26. The number of piperazine rings is 1. The first-order valence-corrected chi connectivity index (χ1v) is 7.40. The summed E-state index contributed by atoms with van der Waals surface area (Å²) in [4.78, 5) is 17.0. The maximum Gasteiger partial charge on any atom is 0.254 e. The lowest BCUT2D eigenvalue weighted by atomic mass is 9.86. The van der Waals surface area contributed by atoms with Crippen LogP contribution < -0.4 is 4.74 Å². The van der Waals surface area contributed by atoms with Crippen molar-refractivity contribution < 1.29 is 9.53 Å². The van der Waals surface area contributed by atoms with Crippen molar-refractivity contribution in [3.8, 4) is 5.75 Å². The molecular weight excluding hydrogens is 276 g/mol. The third kappa shape index (κ3) is 2.17. The van der Waals surface area contributed by atoms with Gasteiger partial charge in [-0.05, 0) is 31.2 Å². The quantitative estimate of drug-likeness (QED) is 0.857. The van der Waals surface area contributed by atoms with Gasteiger partial charge in [0.1, 0.15) is 5.75 Å². The van der Waals surface area contributed by atoms with Crippen LogP contribution in [-0.2, 0) is 0 Å². The van der Waals surface area contributed by atoms with Gasteiger partial charge in [0, 0.05) is 30.7 Å². The number of hydrogen-bond donors (Lipinski definition) is 0. The third-order valence-corrected chi connectivity index (χ3v) is 4.64. The second-order valence-electron chi connectivity index (χ2n) is 5.46. The van der Waals surface area contributed by atoms with Gasteiger partial charge in [-0.2, -0.15) is 0 Å². The molecule has 0 aromatic heterocycles. The maximum absolute atomic E-state index is 12.6. The number of ether oxygens (including phenoxy) is 1. The van der Waals surface area contributed by atoms with Crippen LogP contribution >= 0.6 is 11.6 Å². The van der Waals surface area contributed by atoms with Crippen LogP contribution in [-0.4, -0.2) is 54.5 Å². The number of halogens is 1. The number of nitrogens with zero attached hydrogens (tertiary/aromatic N) is 2. The fraction of sp³-hybridized carbons (Fsp3) is 0.533. The Morgan fingerprint density at radius 2 is 2.10 bits per heavy atom. The highest BCUT2D eigenvalue weighted by Crippen LogP contribution is 2.34. The zero-order chi connectivity index (χ0) is 14.3. The molecule has 2 unspecified atom stereocenters. The van der Waals surface area contributed by atoms with E-state index in [1.54, 1.807) is 25.3 Å². The molecule has 3 saturated heterocycles. The number of fused-ring (bicyclic) bond motifs is 2. The molecule has 1 aromatic rings. The van der Waals surface area contributed by atoms with E-state index in [0.29, 0.717) is 28.4 Å². The lowest BCUT2D eigenvalue weighted by Crippen LogP contribution is -2.70. The molecule has 0 spiro atoms. The second kappa shape index (κ2) is 5.26. The van der Waals surface area contributed by atoms with Crippen LogP contribution in [0.15, 0.2) is 18.2 Å². The Labute approximate surface area is 124 Å². The molecule has 1 amide bonds. The topological polar surface area (TPSA) is 32.8 Å². The summed E-state index contributed by atoms with van der Waals surface area (Å²) in [7, 11) is 1.57. The van der Waals surface area contributed by atoms with E-state index >= 15 is 0 Å². The van der Waals surface area contributed by atoms with Crippen molar-refractivity contribution in [3.63, 3.8) is 0 Å². The molecule has 0 aliphatic carbocycles. The summed E-state index contributed by atoms with van der Waals surface area (Å²) in [5, 5.41) is 0.485. The predicted octanol–water partition coefficient (Wildman–Crippen LogP) is 2.27. The Morgan fingerprint density at radius 1 is 1.40 bits per heavy atom. The maximum atomic E-state index is 12.6. The van der Waals surface area contributed by atoms with Crippen LogP contribution in [0.3, 0.4) is 0 Å². The smallest absolute Gasteiger partial charge is 0.254 e. The largest absolute Gasteiger partial charge is 0.495 e. The highest BCUT2D eigenvalue weighted by molar-refractivity contribution is 6.32. The highest BCUT2D eigenvalue weighted by atomic mass is 35.5. The molecule has 5 heteroatoms. The van der Waals surface area contributed by atoms with Crippen molar-refractivity contribution in [1.82, 2.24) is 9.80 Å². The lowest BCUT2D eigenvalue weighted by molar-refractivity contribution is -0.0458. The van der Waals surface area contributed by atoms with E-state index in [9.17, 15) is 4.79 Å². The average Bonchev–Trinajstić information content (AvgIpc) is 2.47. The van der Waals surface area contributed by atoms with Gasteiger partial charge in [0.25, 0.3) is 5.91 Å². The van der Waals surface area contributed by atoms with Gasteiger partial charge in [0.05, 0.1) is 12.1 Å². The fourth-order valence-electron chi connectivity index (χ4n) is 3.24. The molecule has 3 fully saturated rings. The van der Waals surface area contributed by atoms with E-state index in [1.807, 2.05) is 4.90 Å². The average molecular weight is 295 g/mol. The summed E-state index contributed by atoms with van der Waals surface area (Å²) < 4.78 is 5.12. The van der Waals surface area contributed by atoms with Gasteiger partial charge in [-0.1, -0.05) is 18.5 Å². The number of carbonyl (C=O) groups is 1. The van der Waals surface area contributed by atoms with Crippen LogP contribution in [0, 0.1) is 0 Å². The monoisotopic (exact) mass is 294 g/mol. The minimum Gasteiger partial charge on any atom is -0.495 e. The Bertz CT molecular complexity index is 523. The SMILES string of the molecule is CCN1CC2CC(C1)N2C(=O)c1ccc(OC)c(Cl)c1. The molecule has 4 nitrogen and oxygen atoms in total. The summed E-state index contributed by atoms with van der Waals surface area (Å²) in [6, 6.07) is 5.97. The molecule has 3 aliphatic heterocycles. The number of hydrogen-bond acceptors (Lipinski definition) is 3. The van der Waals surface area contributed by atoms with E-state index in [0.717, 1.165) is 26.1 Å². The van der Waals surface area contributed by atoms with Crippen molar-refractivity contribution in [1.29, 1.82) is 0 Å². The second-order valence-corrected chi connectivity index (χ2v) is 5.86. The molecule has 3 aliphatic rings. The first kappa shape index (κ1) is 13.7. The number of rotatable bonds is 3. The first-order valence-electron chi connectivity index (χ1n) is 7.02. The van der Waals surface area contributed by atoms with Crippen LogP contribution in [0.5, 0.6) is 5.75 Å². The van der Waals surface area contributed by atoms with Crippen molar-refractivity contribution in [2.75, 3.05) is 26.7 Å². The summed E-state index contributed by atoms with van der Waals surface area (Å²) in [6.45, 7) is 5.20.